The molecule has 1 amide bonds. The number of hydrogen-bond acceptors (Lipinski definition) is 2. The van der Waals surface area contributed by atoms with Crippen LogP contribution in [0.3, 0.4) is 0 Å². The summed E-state index contributed by atoms with van der Waals surface area (Å²) in [5, 5.41) is 5.50. The van der Waals surface area contributed by atoms with E-state index in [0.717, 1.165) is 6.42 Å². The maximum Gasteiger partial charge on any atom is 0.311 e. The lowest BCUT2D eigenvalue weighted by molar-refractivity contribution is -0.124. The Bertz CT molecular complexity index is 334. The molecule has 0 fully saturated rings. The van der Waals surface area contributed by atoms with E-state index < -0.39 is 11.8 Å². The third-order valence-corrected chi connectivity index (χ3v) is 3.00. The van der Waals surface area contributed by atoms with Crippen molar-refractivity contribution in [1.29, 1.82) is 0 Å². The van der Waals surface area contributed by atoms with Gasteiger partial charge in [-0.1, -0.05) is 12.3 Å². The van der Waals surface area contributed by atoms with Crippen molar-refractivity contribution in [2.24, 2.45) is 5.92 Å². The molecule has 1 unspecified atom stereocenters. The highest BCUT2D eigenvalue weighted by atomic mass is 19.3. The number of hydrogen-bond donors (Lipinski definition) is 2. The summed E-state index contributed by atoms with van der Waals surface area (Å²) >= 11 is 0. The van der Waals surface area contributed by atoms with Crippen LogP contribution in [0.1, 0.15) is 32.1 Å². The zero-order valence-corrected chi connectivity index (χ0v) is 10.7. The van der Waals surface area contributed by atoms with Crippen molar-refractivity contribution in [3.63, 3.8) is 0 Å². The molecule has 18 heavy (non-hydrogen) atoms. The fraction of sp³-hybridized carbons (Fsp3) is 0.769. The van der Waals surface area contributed by atoms with Gasteiger partial charge in [-0.3, -0.25) is 4.79 Å². The molecule has 1 atom stereocenters. The minimum absolute atomic E-state index is 0.147. The Morgan fingerprint density at radius 3 is 2.89 bits per heavy atom. The van der Waals surface area contributed by atoms with E-state index in [-0.39, 0.29) is 12.3 Å². The molecule has 1 aliphatic rings. The van der Waals surface area contributed by atoms with Gasteiger partial charge in [-0.25, -0.2) is 0 Å². The largest absolute Gasteiger partial charge is 0.355 e. The zero-order chi connectivity index (χ0) is 13.4. The van der Waals surface area contributed by atoms with Gasteiger partial charge in [0.2, 0.25) is 5.91 Å². The van der Waals surface area contributed by atoms with E-state index in [1.807, 2.05) is 5.92 Å². The molecule has 1 aliphatic carbocycles. The van der Waals surface area contributed by atoms with E-state index >= 15 is 0 Å². The van der Waals surface area contributed by atoms with Crippen LogP contribution in [0.2, 0.25) is 0 Å². The summed E-state index contributed by atoms with van der Waals surface area (Å²) in [6.45, 7) is 1.09. The lowest BCUT2D eigenvalue weighted by Gasteiger charge is -2.23. The quantitative estimate of drug-likeness (QED) is 0.580. The number of carbonyl (C=O) groups excluding carboxylic acids is 1. The van der Waals surface area contributed by atoms with E-state index in [1.54, 1.807) is 7.05 Å². The summed E-state index contributed by atoms with van der Waals surface area (Å²) in [5.41, 5.74) is 0. The first-order chi connectivity index (χ1) is 8.56. The summed E-state index contributed by atoms with van der Waals surface area (Å²) in [4.78, 5) is 11.6. The number of likely N-dealkylation sites (N-methyl/N-ethyl adjacent to an activating group) is 1. The van der Waals surface area contributed by atoms with E-state index in [0.29, 0.717) is 32.4 Å². The third-order valence-electron chi connectivity index (χ3n) is 3.00. The topological polar surface area (TPSA) is 41.1 Å². The second-order valence-corrected chi connectivity index (χ2v) is 4.53. The first-order valence-electron chi connectivity index (χ1n) is 6.35. The Kier molecular flexibility index (Phi) is 6.06. The van der Waals surface area contributed by atoms with Crippen molar-refractivity contribution in [3.05, 3.63) is 0 Å². The molecule has 5 heteroatoms. The molecule has 0 aromatic rings. The molecule has 1 rings (SSSR count). The van der Waals surface area contributed by atoms with Gasteiger partial charge in [0.25, 0.3) is 0 Å². The Morgan fingerprint density at radius 1 is 1.39 bits per heavy atom. The Balaban J connectivity index is 2.50. The lowest BCUT2D eigenvalue weighted by atomic mass is 9.89. The van der Waals surface area contributed by atoms with Gasteiger partial charge in [0.05, 0.1) is 0 Å². The van der Waals surface area contributed by atoms with Crippen molar-refractivity contribution in [1.82, 2.24) is 10.6 Å². The fourth-order valence-corrected chi connectivity index (χ4v) is 1.92. The monoisotopic (exact) mass is 258 g/mol. The van der Waals surface area contributed by atoms with Crippen LogP contribution < -0.4 is 10.6 Å². The van der Waals surface area contributed by atoms with Gasteiger partial charge in [0.15, 0.2) is 0 Å². The molecule has 3 nitrogen and oxygen atoms in total. The van der Waals surface area contributed by atoms with E-state index in [1.165, 1.54) is 0 Å². The van der Waals surface area contributed by atoms with Crippen molar-refractivity contribution in [3.8, 4) is 11.8 Å². The van der Waals surface area contributed by atoms with Gasteiger partial charge in [-0.15, -0.1) is 0 Å². The SMILES string of the molecule is CNCCNC(=O)CC1CCCCC#CC1(F)F. The number of alkyl halides is 2. The van der Waals surface area contributed by atoms with Crippen molar-refractivity contribution >= 4 is 5.91 Å². The second-order valence-electron chi connectivity index (χ2n) is 4.53. The normalized spacial score (nSPS) is 22.3. The Morgan fingerprint density at radius 2 is 2.17 bits per heavy atom. The smallest absolute Gasteiger partial charge is 0.311 e. The molecule has 0 spiro atoms. The molecule has 0 radical (unpaired) electrons. The highest BCUT2D eigenvalue weighted by Crippen LogP contribution is 2.32. The highest BCUT2D eigenvalue weighted by molar-refractivity contribution is 5.76. The summed E-state index contributed by atoms with van der Waals surface area (Å²) < 4.78 is 27.4. The van der Waals surface area contributed by atoms with Crippen LogP contribution in [0, 0.1) is 17.8 Å². The number of nitrogens with one attached hydrogen (secondary N) is 2. The third kappa shape index (κ3) is 5.01. The van der Waals surface area contributed by atoms with E-state index in [9.17, 15) is 13.6 Å². The van der Waals surface area contributed by atoms with Crippen molar-refractivity contribution in [2.45, 2.75) is 38.0 Å². The van der Waals surface area contributed by atoms with Crippen molar-refractivity contribution < 1.29 is 13.6 Å². The first kappa shape index (κ1) is 14.9. The van der Waals surface area contributed by atoms with Gasteiger partial charge in [0, 0.05) is 31.8 Å². The average Bonchev–Trinajstić information content (AvgIpc) is 2.30. The molecule has 0 saturated carbocycles. The van der Waals surface area contributed by atoms with Crippen LogP contribution in [0.15, 0.2) is 0 Å². The summed E-state index contributed by atoms with van der Waals surface area (Å²) in [7, 11) is 1.77. The summed E-state index contributed by atoms with van der Waals surface area (Å²) in [6.07, 6.45) is 2.28. The summed E-state index contributed by atoms with van der Waals surface area (Å²) in [5.74, 6) is 0.178. The molecule has 0 aromatic carbocycles. The minimum atomic E-state index is -3.04. The fourth-order valence-electron chi connectivity index (χ4n) is 1.92. The Labute approximate surface area is 107 Å². The van der Waals surface area contributed by atoms with Crippen LogP contribution in [-0.4, -0.2) is 32.0 Å². The van der Waals surface area contributed by atoms with Crippen molar-refractivity contribution in [2.75, 3.05) is 20.1 Å². The molecule has 102 valence electrons. The lowest BCUT2D eigenvalue weighted by Crippen LogP contribution is -2.36. The maximum absolute atomic E-state index is 13.7. The van der Waals surface area contributed by atoms with E-state index in [2.05, 4.69) is 16.6 Å². The van der Waals surface area contributed by atoms with Crippen LogP contribution in [0.5, 0.6) is 0 Å². The predicted molar refractivity (Wildman–Crippen MR) is 66.2 cm³/mol. The standard InChI is InChI=1S/C13H20F2N2O/c1-16-8-9-17-12(18)10-11-6-4-2-3-5-7-13(11,14)15/h11,16H,2-4,6,8-10H2,1H3,(H,17,18). The minimum Gasteiger partial charge on any atom is -0.355 e. The highest BCUT2D eigenvalue weighted by Gasteiger charge is 2.38. The molecule has 0 aliphatic heterocycles. The maximum atomic E-state index is 13.7. The molecule has 0 heterocycles. The Hall–Kier alpha value is -1.15. The van der Waals surface area contributed by atoms with Crippen LogP contribution in [0.4, 0.5) is 8.78 Å². The molecule has 0 bridgehead atoms. The van der Waals surface area contributed by atoms with Crippen LogP contribution in [-0.2, 0) is 4.79 Å². The summed E-state index contributed by atoms with van der Waals surface area (Å²) in [6, 6.07) is 0. The average molecular weight is 258 g/mol. The van der Waals surface area contributed by atoms with Gasteiger partial charge < -0.3 is 10.6 Å². The number of halogens is 2. The number of amides is 1. The zero-order valence-electron chi connectivity index (χ0n) is 10.7. The van der Waals surface area contributed by atoms with Crippen LogP contribution in [0.25, 0.3) is 0 Å². The molecule has 0 saturated heterocycles. The second kappa shape index (κ2) is 7.32. The predicted octanol–water partition coefficient (Wildman–Crippen LogP) is 1.54. The molecule has 0 aromatic heterocycles. The van der Waals surface area contributed by atoms with Gasteiger partial charge in [-0.05, 0) is 25.8 Å². The number of carbonyl (C=O) groups is 1. The van der Waals surface area contributed by atoms with E-state index in [4.69, 9.17) is 0 Å². The van der Waals surface area contributed by atoms with Gasteiger partial charge in [-0.2, -0.15) is 8.78 Å². The molecular formula is C13H20F2N2O. The van der Waals surface area contributed by atoms with Crippen LogP contribution >= 0.6 is 0 Å². The van der Waals surface area contributed by atoms with Gasteiger partial charge >= 0.3 is 5.92 Å². The molecular weight excluding hydrogens is 238 g/mol. The number of rotatable bonds is 5. The first-order valence-corrected chi connectivity index (χ1v) is 6.35. The van der Waals surface area contributed by atoms with Gasteiger partial charge in [0.1, 0.15) is 0 Å². The molecule has 2 N–H and O–H groups in total.